The van der Waals surface area contributed by atoms with Gasteiger partial charge in [-0.15, -0.1) is 0 Å². The van der Waals surface area contributed by atoms with Gasteiger partial charge in [0.15, 0.2) is 0 Å². The monoisotopic (exact) mass is 362 g/mol. The second-order valence-corrected chi connectivity index (χ2v) is 6.83. The van der Waals surface area contributed by atoms with Crippen LogP contribution in [0.25, 0.3) is 0 Å². The van der Waals surface area contributed by atoms with Crippen molar-refractivity contribution in [3.63, 3.8) is 0 Å². The number of urea groups is 1. The summed E-state index contributed by atoms with van der Waals surface area (Å²) in [6.45, 7) is 2.38. The van der Waals surface area contributed by atoms with Crippen molar-refractivity contribution in [2.24, 2.45) is 0 Å². The van der Waals surface area contributed by atoms with Crippen LogP contribution in [0.1, 0.15) is 24.8 Å². The van der Waals surface area contributed by atoms with E-state index < -0.39 is 5.60 Å². The van der Waals surface area contributed by atoms with E-state index in [1.807, 2.05) is 30.3 Å². The lowest BCUT2D eigenvalue weighted by Gasteiger charge is -2.38. The molecule has 0 unspecified atom stereocenters. The molecule has 0 aliphatic carbocycles. The zero-order valence-electron chi connectivity index (χ0n) is 14.1. The second kappa shape index (κ2) is 7.89. The number of hydrogen-bond acceptors (Lipinski definition) is 3. The van der Waals surface area contributed by atoms with Gasteiger partial charge < -0.3 is 15.3 Å². The minimum absolute atomic E-state index is 0.0754. The predicted molar refractivity (Wildman–Crippen MR) is 96.4 cm³/mol. The normalized spacial score (nSPS) is 16.6. The van der Waals surface area contributed by atoms with E-state index in [4.69, 9.17) is 11.6 Å². The number of carbonyl (C=O) groups is 1. The fraction of sp³-hybridized carbons (Fsp3) is 0.444. The van der Waals surface area contributed by atoms with Gasteiger partial charge in [0.2, 0.25) is 0 Å². The Morgan fingerprint density at radius 3 is 2.64 bits per heavy atom. The number of nitrogens with zero attached hydrogens (tertiary/aromatic N) is 3. The number of amides is 2. The first-order valence-corrected chi connectivity index (χ1v) is 8.93. The minimum atomic E-state index is -0.836. The average Bonchev–Trinajstić information content (AvgIpc) is 3.05. The van der Waals surface area contributed by atoms with Gasteiger partial charge in [-0.3, -0.25) is 4.68 Å². The highest BCUT2D eigenvalue weighted by atomic mass is 35.5. The van der Waals surface area contributed by atoms with Gasteiger partial charge in [0.25, 0.3) is 0 Å². The van der Waals surface area contributed by atoms with Crippen LogP contribution in [-0.2, 0) is 12.1 Å². The molecule has 0 bridgehead atoms. The van der Waals surface area contributed by atoms with Crippen molar-refractivity contribution >= 4 is 17.6 Å². The third-order valence-electron chi connectivity index (χ3n) is 4.63. The van der Waals surface area contributed by atoms with Crippen molar-refractivity contribution in [3.05, 3.63) is 53.3 Å². The number of aryl methyl sites for hydroxylation is 1. The number of rotatable bonds is 5. The number of carbonyl (C=O) groups excluding carboxylic acids is 1. The molecule has 1 aliphatic heterocycles. The quantitative estimate of drug-likeness (QED) is 0.803. The lowest BCUT2D eigenvalue weighted by molar-refractivity contribution is -0.0167. The van der Waals surface area contributed by atoms with Gasteiger partial charge in [-0.25, -0.2) is 4.79 Å². The molecular formula is C18H23ClN4O2. The molecule has 134 valence electrons. The Morgan fingerprint density at radius 2 is 2.00 bits per heavy atom. The van der Waals surface area contributed by atoms with Crippen molar-refractivity contribution in [3.8, 4) is 0 Å². The number of aromatic nitrogens is 2. The largest absolute Gasteiger partial charge is 0.385 e. The lowest BCUT2D eigenvalue weighted by atomic mass is 9.84. The van der Waals surface area contributed by atoms with Gasteiger partial charge in [-0.2, -0.15) is 5.10 Å². The topological polar surface area (TPSA) is 70.4 Å². The Morgan fingerprint density at radius 1 is 1.28 bits per heavy atom. The van der Waals surface area contributed by atoms with Gasteiger partial charge in [0.05, 0.1) is 16.8 Å². The maximum atomic E-state index is 12.3. The smallest absolute Gasteiger partial charge is 0.317 e. The predicted octanol–water partition coefficient (Wildman–Crippen LogP) is 2.62. The molecule has 1 aliphatic rings. The summed E-state index contributed by atoms with van der Waals surface area (Å²) in [6, 6.07) is 9.60. The summed E-state index contributed by atoms with van der Waals surface area (Å²) in [6.07, 6.45) is 5.25. The number of nitrogens with one attached hydrogen (secondary N) is 1. The fourth-order valence-electron chi connectivity index (χ4n) is 3.13. The first-order valence-electron chi connectivity index (χ1n) is 8.55. The molecule has 0 saturated carbocycles. The molecule has 1 aromatic carbocycles. The van der Waals surface area contributed by atoms with Crippen LogP contribution in [0, 0.1) is 0 Å². The van der Waals surface area contributed by atoms with Gasteiger partial charge in [-0.1, -0.05) is 41.9 Å². The van der Waals surface area contributed by atoms with Gasteiger partial charge >= 0.3 is 6.03 Å². The Bertz CT molecular complexity index is 696. The first kappa shape index (κ1) is 17.8. The highest BCUT2D eigenvalue weighted by Crippen LogP contribution is 2.32. The molecule has 2 amide bonds. The highest BCUT2D eigenvalue weighted by Gasteiger charge is 2.35. The summed E-state index contributed by atoms with van der Waals surface area (Å²) in [4.78, 5) is 14.0. The van der Waals surface area contributed by atoms with E-state index in [-0.39, 0.29) is 6.03 Å². The Labute approximate surface area is 152 Å². The third-order valence-corrected chi connectivity index (χ3v) is 4.83. The minimum Gasteiger partial charge on any atom is -0.385 e. The molecule has 1 aromatic heterocycles. The van der Waals surface area contributed by atoms with Crippen LogP contribution in [0.2, 0.25) is 5.02 Å². The van der Waals surface area contributed by atoms with Crippen LogP contribution in [0.15, 0.2) is 42.7 Å². The summed E-state index contributed by atoms with van der Waals surface area (Å²) in [5.74, 6) is 0. The van der Waals surface area contributed by atoms with Crippen molar-refractivity contribution < 1.29 is 9.90 Å². The third kappa shape index (κ3) is 4.52. The van der Waals surface area contributed by atoms with Crippen molar-refractivity contribution in [2.75, 3.05) is 19.6 Å². The summed E-state index contributed by atoms with van der Waals surface area (Å²) in [5.41, 5.74) is 0.0881. The van der Waals surface area contributed by atoms with Crippen LogP contribution >= 0.6 is 11.6 Å². The van der Waals surface area contributed by atoms with Gasteiger partial charge in [0, 0.05) is 32.4 Å². The van der Waals surface area contributed by atoms with Gasteiger partial charge in [0.1, 0.15) is 0 Å². The van der Waals surface area contributed by atoms with E-state index in [1.165, 1.54) is 0 Å². The molecule has 6 nitrogen and oxygen atoms in total. The lowest BCUT2D eigenvalue weighted by Crippen LogP contribution is -2.49. The Kier molecular flexibility index (Phi) is 5.60. The van der Waals surface area contributed by atoms with Crippen molar-refractivity contribution in [2.45, 2.75) is 31.4 Å². The molecule has 25 heavy (non-hydrogen) atoms. The first-order chi connectivity index (χ1) is 12.1. The van der Waals surface area contributed by atoms with Crippen LogP contribution in [-0.4, -0.2) is 45.5 Å². The molecule has 1 saturated heterocycles. The van der Waals surface area contributed by atoms with Crippen LogP contribution < -0.4 is 5.32 Å². The Hall–Kier alpha value is -2.05. The SMILES string of the molecule is O=C(NCCCn1cc(Cl)cn1)N1CCC(O)(c2ccccc2)CC1. The molecule has 0 radical (unpaired) electrons. The van der Waals surface area contributed by atoms with Crippen molar-refractivity contribution in [1.82, 2.24) is 20.0 Å². The zero-order chi connectivity index (χ0) is 17.7. The maximum Gasteiger partial charge on any atom is 0.317 e. The maximum absolute atomic E-state index is 12.3. The van der Waals surface area contributed by atoms with E-state index in [0.717, 1.165) is 12.0 Å². The number of halogens is 1. The summed E-state index contributed by atoms with van der Waals surface area (Å²) in [7, 11) is 0. The van der Waals surface area contributed by atoms with E-state index in [2.05, 4.69) is 10.4 Å². The summed E-state index contributed by atoms with van der Waals surface area (Å²) >= 11 is 5.81. The fourth-order valence-corrected chi connectivity index (χ4v) is 3.28. The molecule has 3 rings (SSSR count). The van der Waals surface area contributed by atoms with Crippen LogP contribution in [0.4, 0.5) is 4.79 Å². The number of hydrogen-bond donors (Lipinski definition) is 2. The number of likely N-dealkylation sites (tertiary alicyclic amines) is 1. The molecule has 2 aromatic rings. The molecule has 0 spiro atoms. The molecule has 2 N–H and O–H groups in total. The van der Waals surface area contributed by atoms with E-state index in [9.17, 15) is 9.90 Å². The number of piperidine rings is 1. The van der Waals surface area contributed by atoms with Crippen LogP contribution in [0.5, 0.6) is 0 Å². The molecule has 1 fully saturated rings. The van der Waals surface area contributed by atoms with Gasteiger partial charge in [-0.05, 0) is 24.8 Å². The molecule has 2 heterocycles. The van der Waals surface area contributed by atoms with Crippen LogP contribution in [0.3, 0.4) is 0 Å². The molecular weight excluding hydrogens is 340 g/mol. The summed E-state index contributed by atoms with van der Waals surface area (Å²) in [5, 5.41) is 18.4. The standard InChI is InChI=1S/C18H23ClN4O2/c19-16-13-21-23(14-16)10-4-9-20-17(24)22-11-7-18(25,8-12-22)15-5-2-1-3-6-15/h1-3,5-6,13-14,25H,4,7-12H2,(H,20,24). The number of aliphatic hydroxyl groups is 1. The Balaban J connectivity index is 1.41. The second-order valence-electron chi connectivity index (χ2n) is 6.39. The van der Waals surface area contributed by atoms with Crippen molar-refractivity contribution in [1.29, 1.82) is 0 Å². The van der Waals surface area contributed by atoms with E-state index in [1.54, 1.807) is 22.0 Å². The molecule has 0 atom stereocenters. The highest BCUT2D eigenvalue weighted by molar-refractivity contribution is 6.30. The zero-order valence-corrected chi connectivity index (χ0v) is 14.8. The number of benzene rings is 1. The molecule has 7 heteroatoms. The van der Waals surface area contributed by atoms with E-state index in [0.29, 0.717) is 44.0 Å². The summed E-state index contributed by atoms with van der Waals surface area (Å²) < 4.78 is 1.76. The van der Waals surface area contributed by atoms with E-state index >= 15 is 0 Å². The average molecular weight is 363 g/mol.